The Morgan fingerprint density at radius 1 is 1.23 bits per heavy atom. The van der Waals surface area contributed by atoms with Crippen LogP contribution in [0, 0.1) is 5.41 Å². The molecule has 2 fully saturated rings. The first-order valence-corrected chi connectivity index (χ1v) is 10.0. The van der Waals surface area contributed by atoms with Gasteiger partial charge in [0.15, 0.2) is 0 Å². The van der Waals surface area contributed by atoms with E-state index in [1.807, 2.05) is 11.9 Å². The van der Waals surface area contributed by atoms with Gasteiger partial charge in [-0.1, -0.05) is 6.92 Å². The van der Waals surface area contributed by atoms with E-state index >= 15 is 0 Å². The number of carbonyl (C=O) groups excluding carboxylic acids is 1. The number of likely N-dealkylation sites (tertiary alicyclic amines) is 1. The zero-order valence-corrected chi connectivity index (χ0v) is 16.6. The molecule has 0 unspecified atom stereocenters. The second-order valence-corrected chi connectivity index (χ2v) is 8.64. The zero-order chi connectivity index (χ0) is 18.8. The molecule has 0 bridgehead atoms. The predicted molar refractivity (Wildman–Crippen MR) is 102 cm³/mol. The van der Waals surface area contributed by atoms with Gasteiger partial charge in [0.05, 0.1) is 18.1 Å². The monoisotopic (exact) mass is 362 g/mol. The van der Waals surface area contributed by atoms with Crippen molar-refractivity contribution < 1.29 is 9.90 Å². The standard InChI is InChI=1S/C20H34N4O2/c1-4-11-22(2)15-20(26)7-5-19(6-8-20)9-12-24(13-10-19)18(25)17-14-21-16-23(17)3/h14,16,26H,4-13,15H2,1-3H3. The van der Waals surface area contributed by atoms with Crippen molar-refractivity contribution in [3.8, 4) is 0 Å². The summed E-state index contributed by atoms with van der Waals surface area (Å²) >= 11 is 0. The molecule has 2 heterocycles. The van der Waals surface area contributed by atoms with Crippen LogP contribution >= 0.6 is 0 Å². The number of nitrogens with zero attached hydrogens (tertiary/aromatic N) is 4. The minimum Gasteiger partial charge on any atom is -0.389 e. The van der Waals surface area contributed by atoms with Crippen molar-refractivity contribution in [1.82, 2.24) is 19.4 Å². The topological polar surface area (TPSA) is 61.6 Å². The van der Waals surface area contributed by atoms with Crippen molar-refractivity contribution in [3.63, 3.8) is 0 Å². The molecule has 1 saturated carbocycles. The molecule has 0 atom stereocenters. The van der Waals surface area contributed by atoms with Gasteiger partial charge in [-0.25, -0.2) is 4.98 Å². The summed E-state index contributed by atoms with van der Waals surface area (Å²) in [6.45, 7) is 5.63. The molecule has 1 N–H and O–H groups in total. The molecule has 0 radical (unpaired) electrons. The molecule has 146 valence electrons. The van der Waals surface area contributed by atoms with E-state index in [1.54, 1.807) is 17.1 Å². The molecule has 3 rings (SSSR count). The second kappa shape index (κ2) is 7.69. The third kappa shape index (κ3) is 4.12. The number of carbonyl (C=O) groups is 1. The normalized spacial score (nSPS) is 22.1. The maximum Gasteiger partial charge on any atom is 0.272 e. The number of hydrogen-bond acceptors (Lipinski definition) is 4. The Morgan fingerprint density at radius 3 is 2.42 bits per heavy atom. The van der Waals surface area contributed by atoms with Crippen molar-refractivity contribution in [2.24, 2.45) is 12.5 Å². The van der Waals surface area contributed by atoms with E-state index in [2.05, 4.69) is 23.9 Å². The molecule has 2 aliphatic rings. The van der Waals surface area contributed by atoms with Crippen LogP contribution in [-0.4, -0.2) is 69.2 Å². The van der Waals surface area contributed by atoms with Gasteiger partial charge in [0, 0.05) is 26.7 Å². The Hall–Kier alpha value is -1.40. The summed E-state index contributed by atoms with van der Waals surface area (Å²) in [5.41, 5.74) is 0.452. The lowest BCUT2D eigenvalue weighted by Gasteiger charge is -2.49. The summed E-state index contributed by atoms with van der Waals surface area (Å²) in [7, 11) is 3.97. The van der Waals surface area contributed by atoms with Crippen molar-refractivity contribution in [2.45, 2.75) is 57.5 Å². The predicted octanol–water partition coefficient (Wildman–Crippen LogP) is 2.29. The molecule has 1 spiro atoms. The highest BCUT2D eigenvalue weighted by Crippen LogP contribution is 2.47. The summed E-state index contributed by atoms with van der Waals surface area (Å²) in [6, 6.07) is 0. The molecular formula is C20H34N4O2. The number of imidazole rings is 1. The molecule has 1 aliphatic heterocycles. The smallest absolute Gasteiger partial charge is 0.272 e. The summed E-state index contributed by atoms with van der Waals surface area (Å²) in [5, 5.41) is 11.0. The molecule has 6 heteroatoms. The highest BCUT2D eigenvalue weighted by molar-refractivity contribution is 5.92. The van der Waals surface area contributed by atoms with Crippen LogP contribution in [-0.2, 0) is 7.05 Å². The molecule has 26 heavy (non-hydrogen) atoms. The molecule has 1 aromatic heterocycles. The van der Waals surface area contributed by atoms with E-state index in [4.69, 9.17) is 0 Å². The third-order valence-corrected chi connectivity index (χ3v) is 6.56. The molecule has 1 aliphatic carbocycles. The van der Waals surface area contributed by atoms with Gasteiger partial charge < -0.3 is 19.5 Å². The molecule has 1 amide bonds. The average Bonchev–Trinajstić information content (AvgIpc) is 3.04. The Morgan fingerprint density at radius 2 is 1.88 bits per heavy atom. The minimum atomic E-state index is -0.531. The van der Waals surface area contributed by atoms with E-state index in [9.17, 15) is 9.90 Å². The van der Waals surface area contributed by atoms with Crippen LogP contribution in [0.1, 0.15) is 62.4 Å². The number of rotatable bonds is 5. The van der Waals surface area contributed by atoms with Gasteiger partial charge in [-0.2, -0.15) is 0 Å². The number of amides is 1. The summed E-state index contributed by atoms with van der Waals surface area (Å²) in [6.07, 6.45) is 10.5. The molecule has 1 saturated heterocycles. The number of aliphatic hydroxyl groups is 1. The fraction of sp³-hybridized carbons (Fsp3) is 0.800. The number of piperidine rings is 1. The first-order chi connectivity index (χ1) is 12.4. The number of aromatic nitrogens is 2. The van der Waals surface area contributed by atoms with E-state index < -0.39 is 5.60 Å². The Balaban J connectivity index is 1.52. The van der Waals surface area contributed by atoms with Crippen LogP contribution in [0.3, 0.4) is 0 Å². The first kappa shape index (κ1) is 19.4. The van der Waals surface area contributed by atoms with Crippen LogP contribution in [0.5, 0.6) is 0 Å². The van der Waals surface area contributed by atoms with E-state index in [1.165, 1.54) is 0 Å². The lowest BCUT2D eigenvalue weighted by molar-refractivity contribution is -0.0644. The molecule has 6 nitrogen and oxygen atoms in total. The van der Waals surface area contributed by atoms with Crippen LogP contribution in [0.15, 0.2) is 12.5 Å². The first-order valence-electron chi connectivity index (χ1n) is 10.0. The summed E-state index contributed by atoms with van der Waals surface area (Å²) in [4.78, 5) is 20.9. The Kier molecular flexibility index (Phi) is 5.72. The van der Waals surface area contributed by atoms with Crippen LogP contribution < -0.4 is 0 Å². The van der Waals surface area contributed by atoms with Crippen LogP contribution in [0.4, 0.5) is 0 Å². The number of aryl methyl sites for hydroxylation is 1. The van der Waals surface area contributed by atoms with Crippen LogP contribution in [0.25, 0.3) is 0 Å². The van der Waals surface area contributed by atoms with Crippen LogP contribution in [0.2, 0.25) is 0 Å². The van der Waals surface area contributed by atoms with E-state index in [0.717, 1.165) is 71.1 Å². The van der Waals surface area contributed by atoms with Crippen molar-refractivity contribution in [1.29, 1.82) is 0 Å². The molecular weight excluding hydrogens is 328 g/mol. The third-order valence-electron chi connectivity index (χ3n) is 6.56. The van der Waals surface area contributed by atoms with E-state index in [0.29, 0.717) is 11.1 Å². The quantitative estimate of drug-likeness (QED) is 0.873. The highest BCUT2D eigenvalue weighted by Gasteiger charge is 2.44. The highest BCUT2D eigenvalue weighted by atomic mass is 16.3. The SMILES string of the molecule is CCCN(C)CC1(O)CCC2(CCN(C(=O)c3cncn3C)CC2)CC1. The van der Waals surface area contributed by atoms with Crippen molar-refractivity contribution >= 4 is 5.91 Å². The van der Waals surface area contributed by atoms with Gasteiger partial charge in [-0.05, 0) is 64.0 Å². The van der Waals surface area contributed by atoms with Gasteiger partial charge >= 0.3 is 0 Å². The summed E-state index contributed by atoms with van der Waals surface area (Å²) < 4.78 is 1.79. The van der Waals surface area contributed by atoms with Gasteiger partial charge in [0.2, 0.25) is 0 Å². The minimum absolute atomic E-state index is 0.0911. The lowest BCUT2D eigenvalue weighted by Crippen LogP contribution is -2.50. The Bertz CT molecular complexity index is 609. The number of likely N-dealkylation sites (N-methyl/N-ethyl adjacent to an activating group) is 1. The number of hydrogen-bond donors (Lipinski definition) is 1. The molecule has 1 aromatic rings. The van der Waals surface area contributed by atoms with Crippen molar-refractivity contribution in [2.75, 3.05) is 33.2 Å². The zero-order valence-electron chi connectivity index (χ0n) is 16.6. The maximum atomic E-state index is 12.7. The fourth-order valence-electron chi connectivity index (χ4n) is 4.78. The van der Waals surface area contributed by atoms with Gasteiger partial charge in [0.25, 0.3) is 5.91 Å². The largest absolute Gasteiger partial charge is 0.389 e. The fourth-order valence-corrected chi connectivity index (χ4v) is 4.78. The summed E-state index contributed by atoms with van der Waals surface area (Å²) in [5.74, 6) is 0.0911. The average molecular weight is 363 g/mol. The Labute approximate surface area is 157 Å². The van der Waals surface area contributed by atoms with Gasteiger partial charge in [0.1, 0.15) is 5.69 Å². The van der Waals surface area contributed by atoms with Crippen molar-refractivity contribution in [3.05, 3.63) is 18.2 Å². The lowest BCUT2D eigenvalue weighted by atomic mass is 9.64. The maximum absolute atomic E-state index is 12.7. The van der Waals surface area contributed by atoms with Gasteiger partial charge in [-0.15, -0.1) is 0 Å². The second-order valence-electron chi connectivity index (χ2n) is 8.64. The van der Waals surface area contributed by atoms with Gasteiger partial charge in [-0.3, -0.25) is 4.79 Å². The molecule has 0 aromatic carbocycles. The van der Waals surface area contributed by atoms with E-state index in [-0.39, 0.29) is 5.91 Å².